The zero-order valence-corrected chi connectivity index (χ0v) is 33.7. The number of nitrogens with one attached hydrogen (secondary N) is 2. The molecule has 21 heteroatoms. The normalized spacial score (nSPS) is 25.3. The molecule has 302 valence electrons. The Morgan fingerprint density at radius 3 is 2.04 bits per heavy atom. The van der Waals surface area contributed by atoms with Crippen LogP contribution in [0.1, 0.15) is 74.4 Å². The number of alkyl carbamates (subject to hydrolysis) is 2. The molecular weight excluding hydrogens is 763 g/mol. The number of thioether (sulfide) groups is 2. The van der Waals surface area contributed by atoms with Gasteiger partial charge >= 0.3 is 30.1 Å². The van der Waals surface area contributed by atoms with E-state index in [9.17, 15) is 33.6 Å². The second kappa shape index (κ2) is 15.9. The van der Waals surface area contributed by atoms with E-state index in [-0.39, 0.29) is 26.4 Å². The van der Waals surface area contributed by atoms with Crippen molar-refractivity contribution in [3.05, 3.63) is 22.9 Å². The van der Waals surface area contributed by atoms with Crippen LogP contribution in [0.25, 0.3) is 0 Å². The number of amides is 4. The van der Waals surface area contributed by atoms with E-state index in [0.29, 0.717) is 17.7 Å². The van der Waals surface area contributed by atoms with Crippen LogP contribution in [0.4, 0.5) is 9.59 Å². The van der Waals surface area contributed by atoms with Crippen molar-refractivity contribution in [1.29, 1.82) is 0 Å². The van der Waals surface area contributed by atoms with E-state index in [1.807, 2.05) is 13.8 Å². The molecule has 0 aliphatic carbocycles. The number of aryl methyl sites for hydroxylation is 1. The Bertz CT molecular complexity index is 1750. The monoisotopic (exact) mass is 809 g/mol. The zero-order valence-electron chi connectivity index (χ0n) is 32.1. The molecule has 3 fully saturated rings. The van der Waals surface area contributed by atoms with Gasteiger partial charge in [0.15, 0.2) is 6.04 Å². The lowest BCUT2D eigenvalue weighted by molar-refractivity contribution is -0.164. The Morgan fingerprint density at radius 1 is 0.836 bits per heavy atom. The SMILES string of the molecule is CC(=O)OCC1=CS[C@@H]2[C@H](NC(=O)OC(C)(C)C)C(=O)N2[C@H]1C(=O)OCCCn1cc(COC(=O)C2N3C(=O)[C@@H](NC(=O)OC(C)(C)C)C3SC2(C)C)nn1. The van der Waals surface area contributed by atoms with Crippen molar-refractivity contribution in [3.8, 4) is 0 Å². The molecule has 1 aromatic rings. The average Bonchev–Trinajstić information content (AvgIpc) is 3.63. The summed E-state index contributed by atoms with van der Waals surface area (Å²) in [5.74, 6) is -2.84. The van der Waals surface area contributed by atoms with Crippen LogP contribution < -0.4 is 10.6 Å². The molecule has 19 nitrogen and oxygen atoms in total. The third kappa shape index (κ3) is 9.65. The van der Waals surface area contributed by atoms with Crippen molar-refractivity contribution in [1.82, 2.24) is 35.4 Å². The highest BCUT2D eigenvalue weighted by molar-refractivity contribution is 8.03. The van der Waals surface area contributed by atoms with Crippen molar-refractivity contribution in [2.45, 2.75) is 133 Å². The summed E-state index contributed by atoms with van der Waals surface area (Å²) in [5.41, 5.74) is -0.806. The summed E-state index contributed by atoms with van der Waals surface area (Å²) in [6.45, 7) is 14.9. The van der Waals surface area contributed by atoms with E-state index in [1.165, 1.54) is 44.9 Å². The van der Waals surface area contributed by atoms with Gasteiger partial charge in [-0.3, -0.25) is 19.1 Å². The summed E-state index contributed by atoms with van der Waals surface area (Å²) in [6, 6.07) is -3.81. The molecule has 2 unspecified atom stereocenters. The van der Waals surface area contributed by atoms with E-state index in [1.54, 1.807) is 53.1 Å². The molecule has 5 heterocycles. The molecule has 0 spiro atoms. The lowest BCUT2D eigenvalue weighted by Crippen LogP contribution is -2.74. The van der Waals surface area contributed by atoms with Gasteiger partial charge in [-0.15, -0.1) is 28.6 Å². The van der Waals surface area contributed by atoms with Gasteiger partial charge in [-0.1, -0.05) is 5.21 Å². The Labute approximate surface area is 326 Å². The topological polar surface area (TPSA) is 227 Å². The molecule has 0 aromatic carbocycles. The predicted octanol–water partition coefficient (Wildman–Crippen LogP) is 1.83. The number of ether oxygens (including phenoxy) is 5. The number of β-lactam (4-membered cyclic amide) rings is 2. The molecule has 1 aromatic heterocycles. The number of hydrogen-bond donors (Lipinski definition) is 2. The van der Waals surface area contributed by atoms with Crippen LogP contribution in [0.2, 0.25) is 0 Å². The van der Waals surface area contributed by atoms with Crippen LogP contribution in [-0.4, -0.2) is 131 Å². The van der Waals surface area contributed by atoms with Gasteiger partial charge in [0.2, 0.25) is 11.8 Å². The Kier molecular flexibility index (Phi) is 12.0. The molecule has 4 amide bonds. The minimum Gasteiger partial charge on any atom is -0.464 e. The molecule has 3 saturated heterocycles. The fourth-order valence-electron chi connectivity index (χ4n) is 6.21. The first kappa shape index (κ1) is 41.6. The number of hydrogen-bond acceptors (Lipinski definition) is 16. The summed E-state index contributed by atoms with van der Waals surface area (Å²) < 4.78 is 27.5. The van der Waals surface area contributed by atoms with Crippen LogP contribution in [0, 0.1) is 0 Å². The highest BCUT2D eigenvalue weighted by Gasteiger charge is 2.65. The second-order valence-corrected chi connectivity index (χ2v) is 18.5. The third-order valence-electron chi connectivity index (χ3n) is 8.47. The van der Waals surface area contributed by atoms with Crippen molar-refractivity contribution in [2.75, 3.05) is 13.2 Å². The molecule has 55 heavy (non-hydrogen) atoms. The standard InChI is InChI=1S/C34H47N7O12S2/c1-17(42)50-14-18-16-54-26-20(35-30(47)52-32(2,3)4)24(43)40(26)22(18)28(45)49-12-10-11-39-13-19(37-38-39)15-51-29(46)23-34(8,9)55-27-21(25(44)41(23)27)36-31(48)53-33(5,6)7/h13,16,20-23,26-27H,10-12,14-15H2,1-9H3,(H,35,47)(H,36,48)/t20-,21-,22-,23?,26-,27?/m1/s1. The number of rotatable bonds is 12. The number of esters is 3. The van der Waals surface area contributed by atoms with E-state index < -0.39 is 92.8 Å². The molecule has 6 atom stereocenters. The number of nitrogens with zero attached hydrogens (tertiary/aromatic N) is 5. The van der Waals surface area contributed by atoms with Gasteiger partial charge in [0.1, 0.15) is 59.0 Å². The maximum absolute atomic E-state index is 13.4. The number of carbonyl (C=O) groups excluding carboxylic acids is 7. The lowest BCUT2D eigenvalue weighted by atomic mass is 9.96. The summed E-state index contributed by atoms with van der Waals surface area (Å²) in [4.78, 5) is 91.6. The Hall–Kier alpha value is -4.53. The first-order valence-electron chi connectivity index (χ1n) is 17.6. The van der Waals surface area contributed by atoms with Gasteiger partial charge in [0.05, 0.1) is 12.8 Å². The minimum atomic E-state index is -1.17. The van der Waals surface area contributed by atoms with Crippen LogP contribution in [0.5, 0.6) is 0 Å². The van der Waals surface area contributed by atoms with Crippen molar-refractivity contribution in [2.24, 2.45) is 0 Å². The summed E-state index contributed by atoms with van der Waals surface area (Å²) >= 11 is 2.59. The second-order valence-electron chi connectivity index (χ2n) is 15.8. The zero-order chi connectivity index (χ0) is 40.6. The highest BCUT2D eigenvalue weighted by atomic mass is 32.2. The van der Waals surface area contributed by atoms with Crippen LogP contribution in [0.15, 0.2) is 17.2 Å². The maximum Gasteiger partial charge on any atom is 0.408 e. The average molecular weight is 810 g/mol. The van der Waals surface area contributed by atoms with E-state index in [2.05, 4.69) is 20.9 Å². The fraction of sp³-hybridized carbons (Fsp3) is 0.676. The molecule has 4 aliphatic rings. The highest BCUT2D eigenvalue weighted by Crippen LogP contribution is 2.51. The van der Waals surface area contributed by atoms with Gasteiger partial charge in [-0.05, 0) is 60.8 Å². The van der Waals surface area contributed by atoms with E-state index in [0.717, 1.165) is 0 Å². The molecule has 2 N–H and O–H groups in total. The van der Waals surface area contributed by atoms with Crippen molar-refractivity contribution in [3.63, 3.8) is 0 Å². The van der Waals surface area contributed by atoms with Gasteiger partial charge in [-0.25, -0.2) is 19.2 Å². The first-order valence-corrected chi connectivity index (χ1v) is 19.4. The third-order valence-corrected chi connectivity index (χ3v) is 11.3. The molecule has 0 radical (unpaired) electrons. The quantitative estimate of drug-likeness (QED) is 0.133. The molecule has 0 bridgehead atoms. The molecule has 4 aliphatic heterocycles. The molecule has 5 rings (SSSR count). The van der Waals surface area contributed by atoms with Crippen molar-refractivity contribution < 1.29 is 57.2 Å². The molecular formula is C34H47N7O12S2. The van der Waals surface area contributed by atoms with Crippen molar-refractivity contribution >= 4 is 65.4 Å². The number of carbonyl (C=O) groups is 7. The smallest absolute Gasteiger partial charge is 0.408 e. The van der Waals surface area contributed by atoms with Crippen LogP contribution >= 0.6 is 23.5 Å². The Balaban J connectivity index is 1.09. The molecule has 0 saturated carbocycles. The van der Waals surface area contributed by atoms with E-state index >= 15 is 0 Å². The Morgan fingerprint density at radius 2 is 1.44 bits per heavy atom. The lowest BCUT2D eigenvalue weighted by Gasteiger charge is -2.51. The number of fused-ring (bicyclic) bond motifs is 2. The number of aromatic nitrogens is 3. The first-order chi connectivity index (χ1) is 25.6. The summed E-state index contributed by atoms with van der Waals surface area (Å²) in [5, 5.41) is 13.8. The predicted molar refractivity (Wildman–Crippen MR) is 195 cm³/mol. The maximum atomic E-state index is 13.4. The van der Waals surface area contributed by atoms with Gasteiger partial charge < -0.3 is 44.1 Å². The fourth-order valence-corrected chi connectivity index (χ4v) is 9.04. The van der Waals surface area contributed by atoms with Gasteiger partial charge in [0, 0.05) is 30.2 Å². The van der Waals surface area contributed by atoms with Crippen LogP contribution in [0.3, 0.4) is 0 Å². The van der Waals surface area contributed by atoms with Gasteiger partial charge in [-0.2, -0.15) is 0 Å². The summed E-state index contributed by atoms with van der Waals surface area (Å²) in [7, 11) is 0. The minimum absolute atomic E-state index is 0.0526. The largest absolute Gasteiger partial charge is 0.464 e. The van der Waals surface area contributed by atoms with E-state index in [4.69, 9.17) is 23.7 Å². The summed E-state index contributed by atoms with van der Waals surface area (Å²) in [6.07, 6.45) is 0.398. The van der Waals surface area contributed by atoms with Crippen LogP contribution in [-0.2, 0) is 60.8 Å². The van der Waals surface area contributed by atoms with Gasteiger partial charge in [0.25, 0.3) is 0 Å².